The summed E-state index contributed by atoms with van der Waals surface area (Å²) in [6, 6.07) is 11.3. The van der Waals surface area contributed by atoms with Crippen molar-refractivity contribution in [3.8, 4) is 0 Å². The van der Waals surface area contributed by atoms with Crippen LogP contribution in [-0.4, -0.2) is 62.2 Å². The molecule has 1 atom stereocenters. The second-order valence-corrected chi connectivity index (χ2v) is 9.45. The number of carbonyl (C=O) groups is 1. The van der Waals surface area contributed by atoms with Gasteiger partial charge in [-0.25, -0.2) is 15.0 Å². The molecule has 0 spiro atoms. The predicted octanol–water partition coefficient (Wildman–Crippen LogP) is 3.93. The molecule has 3 aromatic heterocycles. The maximum atomic E-state index is 11.9. The Balaban J connectivity index is 0.000000438. The number of nitrogens with zero attached hydrogens (tertiary/aromatic N) is 6. The Labute approximate surface area is 227 Å². The van der Waals surface area contributed by atoms with Gasteiger partial charge in [0.25, 0.3) is 0 Å². The first-order valence-electron chi connectivity index (χ1n) is 13.0. The summed E-state index contributed by atoms with van der Waals surface area (Å²) in [5.74, 6) is 1.06. The molecular weight excluding hydrogens is 494 g/mol. The summed E-state index contributed by atoms with van der Waals surface area (Å²) in [5.41, 5.74) is 1.76. The molecule has 3 N–H and O–H groups in total. The number of aromatic amines is 1. The molecule has 1 aliphatic rings. The van der Waals surface area contributed by atoms with Gasteiger partial charge in [-0.15, -0.1) is 6.58 Å². The highest BCUT2D eigenvalue weighted by Gasteiger charge is 2.21. The number of carbonyl (C=O) groups excluding carboxylic acids is 1. The number of rotatable bonds is 8. The van der Waals surface area contributed by atoms with E-state index in [1.165, 1.54) is 38.1 Å². The van der Waals surface area contributed by atoms with Crippen molar-refractivity contribution in [1.82, 2.24) is 35.1 Å². The van der Waals surface area contributed by atoms with Gasteiger partial charge < -0.3 is 15.6 Å². The summed E-state index contributed by atoms with van der Waals surface area (Å²) in [5, 5.41) is 15.2. The van der Waals surface area contributed by atoms with Gasteiger partial charge in [0.15, 0.2) is 12.1 Å². The largest absolute Gasteiger partial charge is 0.324 e. The molecule has 0 unspecified atom stereocenters. The number of likely N-dealkylation sites (N-methyl/N-ethyl adjacent to an activating group) is 1. The van der Waals surface area contributed by atoms with Crippen molar-refractivity contribution in [2.24, 2.45) is 7.05 Å². The van der Waals surface area contributed by atoms with Gasteiger partial charge >= 0.3 is 0 Å². The average Bonchev–Trinajstić information content (AvgIpc) is 3.30. The second-order valence-electron chi connectivity index (χ2n) is 9.45. The molecule has 1 aliphatic heterocycles. The number of aryl methyl sites for hydroxylation is 1. The van der Waals surface area contributed by atoms with E-state index < -0.39 is 0 Å². The van der Waals surface area contributed by atoms with E-state index in [1.54, 1.807) is 46.2 Å². The quantitative estimate of drug-likeness (QED) is 0.177. The van der Waals surface area contributed by atoms with Crippen LogP contribution < -0.4 is 21.2 Å². The standard InChI is InChI=1S/C22H22N8O2.C6H13N/c1-4-10-28(2)30(19-6-5-7-20(32)26-19)21-16(14-31)12-23-22(27-21)25-17-8-9-18-15(11-17)13-24-29(18)3;1-6-4-2-3-5-7-6/h4-9,11-14H,1,10H2,2-3H3,(H,26,32)(H,23,25,27);6-7H,2-5H2,1H3/t;6-/m.0/s1. The lowest BCUT2D eigenvalue weighted by Crippen LogP contribution is -2.38. The number of hydrogen-bond acceptors (Lipinski definition) is 9. The van der Waals surface area contributed by atoms with Crippen LogP contribution in [0.25, 0.3) is 10.9 Å². The smallest absolute Gasteiger partial charge is 0.249 e. The summed E-state index contributed by atoms with van der Waals surface area (Å²) in [6.45, 7) is 7.70. The molecule has 11 nitrogen and oxygen atoms in total. The monoisotopic (exact) mass is 529 g/mol. The lowest BCUT2D eigenvalue weighted by molar-refractivity contribution is 0.112. The number of nitrogens with one attached hydrogen (secondary N) is 3. The van der Waals surface area contributed by atoms with E-state index in [0.717, 1.165) is 22.6 Å². The second kappa shape index (κ2) is 12.9. The van der Waals surface area contributed by atoms with Gasteiger partial charge in [0, 0.05) is 50.0 Å². The highest BCUT2D eigenvalue weighted by atomic mass is 16.1. The minimum absolute atomic E-state index is 0.263. The molecule has 4 aromatic rings. The first-order chi connectivity index (χ1) is 18.9. The number of H-pyrrole nitrogens is 1. The van der Waals surface area contributed by atoms with E-state index in [4.69, 9.17) is 0 Å². The Kier molecular flexibility index (Phi) is 9.18. The minimum atomic E-state index is -0.274. The predicted molar refractivity (Wildman–Crippen MR) is 155 cm³/mol. The Morgan fingerprint density at radius 2 is 2.08 bits per heavy atom. The van der Waals surface area contributed by atoms with Gasteiger partial charge in [0.2, 0.25) is 11.5 Å². The first-order valence-corrected chi connectivity index (χ1v) is 13.0. The number of hydrogen-bond donors (Lipinski definition) is 3. The molecular formula is C28H35N9O2. The number of aromatic nitrogens is 5. The summed E-state index contributed by atoms with van der Waals surface area (Å²) < 4.78 is 1.79. The van der Waals surface area contributed by atoms with Crippen molar-refractivity contribution in [3.05, 3.63) is 77.4 Å². The van der Waals surface area contributed by atoms with E-state index in [9.17, 15) is 9.59 Å². The highest BCUT2D eigenvalue weighted by molar-refractivity contribution is 5.85. The number of anilines is 4. The van der Waals surface area contributed by atoms with Gasteiger partial charge in [0.1, 0.15) is 5.82 Å². The van der Waals surface area contributed by atoms with Crippen molar-refractivity contribution in [1.29, 1.82) is 0 Å². The topological polar surface area (TPSA) is 124 Å². The van der Waals surface area contributed by atoms with Crippen LogP contribution in [0.5, 0.6) is 0 Å². The van der Waals surface area contributed by atoms with Crippen LogP contribution in [0.2, 0.25) is 0 Å². The Bertz CT molecular complexity index is 1470. The van der Waals surface area contributed by atoms with E-state index in [1.807, 2.05) is 25.2 Å². The SMILES string of the molecule is C=CCN(C)N(c1cccc(=O)[nH]1)c1nc(Nc2ccc3c(cnn3C)c2)ncc1C=O.C[C@H]1CCCCN1. The summed E-state index contributed by atoms with van der Waals surface area (Å²) in [6.07, 6.45) is 9.78. The fourth-order valence-electron chi connectivity index (χ4n) is 4.38. The molecule has 39 heavy (non-hydrogen) atoms. The van der Waals surface area contributed by atoms with Crippen LogP contribution in [0.15, 0.2) is 66.2 Å². The Morgan fingerprint density at radius 1 is 1.23 bits per heavy atom. The van der Waals surface area contributed by atoms with Crippen LogP contribution in [-0.2, 0) is 7.05 Å². The summed E-state index contributed by atoms with van der Waals surface area (Å²) in [7, 11) is 3.68. The molecule has 1 fully saturated rings. The van der Waals surface area contributed by atoms with Gasteiger partial charge in [-0.05, 0) is 50.6 Å². The molecule has 5 rings (SSSR count). The van der Waals surface area contributed by atoms with E-state index >= 15 is 0 Å². The Morgan fingerprint density at radius 3 is 2.74 bits per heavy atom. The van der Waals surface area contributed by atoms with Gasteiger partial charge in [-0.3, -0.25) is 14.3 Å². The number of piperidine rings is 1. The average molecular weight is 530 g/mol. The molecule has 0 aliphatic carbocycles. The zero-order chi connectivity index (χ0) is 27.8. The summed E-state index contributed by atoms with van der Waals surface area (Å²) >= 11 is 0. The maximum Gasteiger partial charge on any atom is 0.249 e. The van der Waals surface area contributed by atoms with Crippen molar-refractivity contribution < 1.29 is 4.79 Å². The van der Waals surface area contributed by atoms with E-state index in [0.29, 0.717) is 30.4 Å². The molecule has 11 heteroatoms. The number of aldehydes is 1. The molecule has 0 bridgehead atoms. The fourth-order valence-corrected chi connectivity index (χ4v) is 4.38. The third-order valence-corrected chi connectivity index (χ3v) is 6.40. The van der Waals surface area contributed by atoms with Gasteiger partial charge in [-0.2, -0.15) is 10.1 Å². The van der Waals surface area contributed by atoms with Crippen molar-refractivity contribution in [2.75, 3.05) is 30.5 Å². The van der Waals surface area contributed by atoms with Crippen molar-refractivity contribution in [3.63, 3.8) is 0 Å². The van der Waals surface area contributed by atoms with Crippen molar-refractivity contribution >= 4 is 40.5 Å². The molecule has 204 valence electrons. The number of hydrazine groups is 1. The fraction of sp³-hybridized carbons (Fsp3) is 0.321. The van der Waals surface area contributed by atoms with E-state index in [-0.39, 0.29) is 11.1 Å². The number of pyridine rings is 1. The Hall–Kier alpha value is -4.35. The maximum absolute atomic E-state index is 11.9. The van der Waals surface area contributed by atoms with Crippen LogP contribution >= 0.6 is 0 Å². The summed E-state index contributed by atoms with van der Waals surface area (Å²) in [4.78, 5) is 35.4. The molecule has 4 heterocycles. The van der Waals surface area contributed by atoms with Gasteiger partial charge in [-0.1, -0.05) is 18.6 Å². The van der Waals surface area contributed by atoms with Crippen LogP contribution in [0, 0.1) is 0 Å². The number of fused-ring (bicyclic) bond motifs is 1. The minimum Gasteiger partial charge on any atom is -0.324 e. The molecule has 0 amide bonds. The van der Waals surface area contributed by atoms with Crippen LogP contribution in [0.4, 0.5) is 23.3 Å². The molecule has 0 radical (unpaired) electrons. The number of benzene rings is 1. The lowest BCUT2D eigenvalue weighted by atomic mass is 10.1. The third kappa shape index (κ3) is 6.95. The van der Waals surface area contributed by atoms with Crippen LogP contribution in [0.1, 0.15) is 36.5 Å². The normalized spacial score (nSPS) is 14.9. The molecule has 1 saturated heterocycles. The lowest BCUT2D eigenvalue weighted by Gasteiger charge is -2.32. The van der Waals surface area contributed by atoms with Crippen LogP contribution in [0.3, 0.4) is 0 Å². The van der Waals surface area contributed by atoms with E-state index in [2.05, 4.69) is 44.2 Å². The first kappa shape index (κ1) is 27.7. The molecule has 0 saturated carbocycles. The highest BCUT2D eigenvalue weighted by Crippen LogP contribution is 2.27. The van der Waals surface area contributed by atoms with Crippen molar-refractivity contribution in [2.45, 2.75) is 32.2 Å². The third-order valence-electron chi connectivity index (χ3n) is 6.40. The molecule has 1 aromatic carbocycles. The van der Waals surface area contributed by atoms with Gasteiger partial charge in [0.05, 0.1) is 17.3 Å². The zero-order valence-corrected chi connectivity index (χ0v) is 22.6. The zero-order valence-electron chi connectivity index (χ0n) is 22.6.